The molecule has 0 N–H and O–H groups in total. The highest BCUT2D eigenvalue weighted by Crippen LogP contribution is 2.36. The van der Waals surface area contributed by atoms with Gasteiger partial charge in [0.15, 0.2) is 4.80 Å². The Morgan fingerprint density at radius 3 is 2.66 bits per heavy atom. The maximum atomic E-state index is 13.7. The van der Waals surface area contributed by atoms with Crippen LogP contribution in [0.4, 0.5) is 0 Å². The molecule has 0 saturated carbocycles. The predicted molar refractivity (Wildman–Crippen MR) is 138 cm³/mol. The Hall–Kier alpha value is -3.75. The number of nitrogens with zero attached hydrogens (tertiary/aromatic N) is 2. The second kappa shape index (κ2) is 9.85. The maximum absolute atomic E-state index is 13.7. The van der Waals surface area contributed by atoms with Crippen molar-refractivity contribution in [3.05, 3.63) is 113 Å². The van der Waals surface area contributed by atoms with Crippen LogP contribution in [0.2, 0.25) is 0 Å². The molecule has 2 aromatic carbocycles. The minimum Gasteiger partial charge on any atom is -0.497 e. The fraction of sp³-hybridized carbons (Fsp3) is 0.148. The Morgan fingerprint density at radius 2 is 1.94 bits per heavy atom. The smallest absolute Gasteiger partial charge is 0.338 e. The van der Waals surface area contributed by atoms with Crippen molar-refractivity contribution in [2.24, 2.45) is 4.99 Å². The summed E-state index contributed by atoms with van der Waals surface area (Å²) in [4.78, 5) is 33.5. The number of methoxy groups -OCH3 is 1. The van der Waals surface area contributed by atoms with Gasteiger partial charge in [-0.25, -0.2) is 9.79 Å². The largest absolute Gasteiger partial charge is 0.497 e. The van der Waals surface area contributed by atoms with Crippen LogP contribution in [0, 0.1) is 0 Å². The molecule has 35 heavy (non-hydrogen) atoms. The van der Waals surface area contributed by atoms with Gasteiger partial charge in [0.1, 0.15) is 5.75 Å². The Labute approximate surface area is 209 Å². The first kappa shape index (κ1) is 23.0. The first-order valence-electron chi connectivity index (χ1n) is 11.1. The lowest BCUT2D eigenvalue weighted by atomic mass is 9.93. The maximum Gasteiger partial charge on any atom is 0.338 e. The molecule has 0 fully saturated rings. The van der Waals surface area contributed by atoms with E-state index in [1.54, 1.807) is 29.9 Å². The molecule has 5 rings (SSSR count). The third-order valence-electron chi connectivity index (χ3n) is 5.60. The molecule has 0 unspecified atom stereocenters. The summed E-state index contributed by atoms with van der Waals surface area (Å²) in [6.07, 6.45) is 1.87. The number of thiazole rings is 1. The number of carbonyl (C=O) groups excluding carboxylic acids is 1. The zero-order valence-corrected chi connectivity index (χ0v) is 20.8. The van der Waals surface area contributed by atoms with Crippen LogP contribution in [-0.2, 0) is 9.53 Å². The van der Waals surface area contributed by atoms with Gasteiger partial charge in [0.05, 0.1) is 35.6 Å². The third-order valence-corrected chi connectivity index (χ3v) is 7.40. The molecular weight excluding hydrogens is 480 g/mol. The van der Waals surface area contributed by atoms with Crippen LogP contribution in [0.5, 0.6) is 5.75 Å². The summed E-state index contributed by atoms with van der Waals surface area (Å²) < 4.78 is 13.1. The number of aromatic nitrogens is 1. The Kier molecular flexibility index (Phi) is 6.48. The summed E-state index contributed by atoms with van der Waals surface area (Å²) >= 11 is 2.87. The SMILES string of the molecule is CCOC(=O)C1=C(c2ccccc2)N=c2s/c(=C/c3cccs3)c(=O)n2[C@@H]1c1cccc(OC)c1. The monoisotopic (exact) mass is 502 g/mol. The van der Waals surface area contributed by atoms with Gasteiger partial charge in [0, 0.05) is 10.4 Å². The van der Waals surface area contributed by atoms with Gasteiger partial charge >= 0.3 is 5.97 Å². The van der Waals surface area contributed by atoms with Crippen LogP contribution < -0.4 is 19.6 Å². The summed E-state index contributed by atoms with van der Waals surface area (Å²) in [5.41, 5.74) is 2.13. The number of carbonyl (C=O) groups is 1. The normalized spacial score (nSPS) is 15.5. The molecule has 4 aromatic rings. The molecule has 176 valence electrons. The van der Waals surface area contributed by atoms with E-state index in [0.29, 0.717) is 26.4 Å². The van der Waals surface area contributed by atoms with Gasteiger partial charge in [-0.1, -0.05) is 59.9 Å². The van der Waals surface area contributed by atoms with Crippen molar-refractivity contribution in [2.45, 2.75) is 13.0 Å². The zero-order chi connectivity index (χ0) is 24.4. The Bertz CT molecular complexity index is 1580. The summed E-state index contributed by atoms with van der Waals surface area (Å²) in [6.45, 7) is 1.97. The second-order valence-electron chi connectivity index (χ2n) is 7.72. The summed E-state index contributed by atoms with van der Waals surface area (Å²) in [5.74, 6) is 0.125. The van der Waals surface area contributed by atoms with Crippen molar-refractivity contribution in [1.82, 2.24) is 4.57 Å². The number of thiophene rings is 1. The number of ether oxygens (including phenoxy) is 2. The number of rotatable bonds is 6. The van der Waals surface area contributed by atoms with E-state index >= 15 is 0 Å². The summed E-state index contributed by atoms with van der Waals surface area (Å²) in [7, 11) is 1.59. The van der Waals surface area contributed by atoms with Crippen LogP contribution >= 0.6 is 22.7 Å². The van der Waals surface area contributed by atoms with Gasteiger partial charge in [0.2, 0.25) is 0 Å². The summed E-state index contributed by atoms with van der Waals surface area (Å²) in [6, 6.07) is 20.1. The van der Waals surface area contributed by atoms with Crippen LogP contribution in [0.3, 0.4) is 0 Å². The van der Waals surface area contributed by atoms with Crippen molar-refractivity contribution in [1.29, 1.82) is 0 Å². The van der Waals surface area contributed by atoms with E-state index in [2.05, 4.69) is 0 Å². The lowest BCUT2D eigenvalue weighted by Gasteiger charge is -2.26. The van der Waals surface area contributed by atoms with Gasteiger partial charge in [-0.2, -0.15) is 0 Å². The minimum atomic E-state index is -0.721. The van der Waals surface area contributed by atoms with E-state index in [0.717, 1.165) is 16.0 Å². The van der Waals surface area contributed by atoms with Gasteiger partial charge in [-0.05, 0) is 42.1 Å². The number of esters is 1. The molecule has 0 saturated heterocycles. The zero-order valence-electron chi connectivity index (χ0n) is 19.1. The van der Waals surface area contributed by atoms with Crippen molar-refractivity contribution in [3.8, 4) is 5.75 Å². The van der Waals surface area contributed by atoms with Gasteiger partial charge in [-0.15, -0.1) is 11.3 Å². The number of fused-ring (bicyclic) bond motifs is 1. The highest BCUT2D eigenvalue weighted by molar-refractivity contribution is 7.11. The van der Waals surface area contributed by atoms with E-state index in [1.165, 1.54) is 11.3 Å². The van der Waals surface area contributed by atoms with Crippen LogP contribution in [0.25, 0.3) is 11.8 Å². The topological polar surface area (TPSA) is 69.9 Å². The molecule has 1 aliphatic rings. The second-order valence-corrected chi connectivity index (χ2v) is 9.71. The van der Waals surface area contributed by atoms with E-state index < -0.39 is 12.0 Å². The standard InChI is InChI=1S/C27H22N2O4S2/c1-3-33-26(31)22-23(17-9-5-4-6-10-17)28-27-29(24(22)18-11-7-12-19(15-18)32-2)25(30)21(35-27)16-20-13-8-14-34-20/h4-16,24H,3H2,1-2H3/b21-16+/t24-/m1/s1. The quantitative estimate of drug-likeness (QED) is 0.374. The molecule has 0 spiro atoms. The number of benzene rings is 2. The molecule has 8 heteroatoms. The molecule has 0 aliphatic carbocycles. The molecule has 0 bridgehead atoms. The van der Waals surface area contributed by atoms with Crippen molar-refractivity contribution in [3.63, 3.8) is 0 Å². The van der Waals surface area contributed by atoms with Gasteiger partial charge in [0.25, 0.3) is 5.56 Å². The molecule has 0 radical (unpaired) electrons. The fourth-order valence-electron chi connectivity index (χ4n) is 4.07. The summed E-state index contributed by atoms with van der Waals surface area (Å²) in [5, 5.41) is 1.97. The van der Waals surface area contributed by atoms with Crippen LogP contribution in [0.1, 0.15) is 29.0 Å². The van der Waals surface area contributed by atoms with Gasteiger partial charge < -0.3 is 9.47 Å². The van der Waals surface area contributed by atoms with E-state index in [1.807, 2.05) is 78.2 Å². The average molecular weight is 503 g/mol. The third kappa shape index (κ3) is 4.38. The van der Waals surface area contributed by atoms with Crippen molar-refractivity contribution >= 4 is 40.4 Å². The molecular formula is C27H22N2O4S2. The van der Waals surface area contributed by atoms with E-state index in [-0.39, 0.29) is 12.2 Å². The number of hydrogen-bond donors (Lipinski definition) is 0. The average Bonchev–Trinajstić information content (AvgIpc) is 3.51. The Morgan fingerprint density at radius 1 is 1.11 bits per heavy atom. The molecule has 2 aromatic heterocycles. The predicted octanol–water partition coefficient (Wildman–Crippen LogP) is 4.01. The minimum absolute atomic E-state index is 0.205. The molecule has 3 heterocycles. The molecule has 1 atom stereocenters. The van der Waals surface area contributed by atoms with E-state index in [4.69, 9.17) is 14.5 Å². The highest BCUT2D eigenvalue weighted by Gasteiger charge is 2.35. The first-order valence-corrected chi connectivity index (χ1v) is 12.8. The van der Waals surface area contributed by atoms with Crippen LogP contribution in [0.15, 0.2) is 87.5 Å². The fourth-order valence-corrected chi connectivity index (χ4v) is 5.79. The lowest BCUT2D eigenvalue weighted by Crippen LogP contribution is -2.40. The molecule has 0 amide bonds. The van der Waals surface area contributed by atoms with Crippen molar-refractivity contribution in [2.75, 3.05) is 13.7 Å². The van der Waals surface area contributed by atoms with Crippen LogP contribution in [-0.4, -0.2) is 24.3 Å². The first-order chi connectivity index (χ1) is 17.1. The number of hydrogen-bond acceptors (Lipinski definition) is 7. The highest BCUT2D eigenvalue weighted by atomic mass is 32.1. The molecule has 1 aliphatic heterocycles. The van der Waals surface area contributed by atoms with E-state index in [9.17, 15) is 9.59 Å². The molecule has 6 nitrogen and oxygen atoms in total. The Balaban J connectivity index is 1.85. The lowest BCUT2D eigenvalue weighted by molar-refractivity contribution is -0.138. The van der Waals surface area contributed by atoms with Crippen molar-refractivity contribution < 1.29 is 14.3 Å². The van der Waals surface area contributed by atoms with Gasteiger partial charge in [-0.3, -0.25) is 9.36 Å².